The molecule has 3 amide bonds. The summed E-state index contributed by atoms with van der Waals surface area (Å²) in [4.78, 5) is 39.2. The number of hydrogen-bond donors (Lipinski definition) is 1. The zero-order valence-electron chi connectivity index (χ0n) is 16.3. The molecule has 5 nitrogen and oxygen atoms in total. The lowest BCUT2D eigenvalue weighted by Gasteiger charge is -2.27. The Kier molecular flexibility index (Phi) is 5.12. The minimum absolute atomic E-state index is 0.127. The number of carbonyl (C=O) groups excluding carboxylic acids is 3. The first-order valence-corrected chi connectivity index (χ1v) is 9.85. The van der Waals surface area contributed by atoms with Crippen LogP contribution in [-0.4, -0.2) is 29.2 Å². The van der Waals surface area contributed by atoms with Gasteiger partial charge in [0.1, 0.15) is 0 Å². The zero-order valence-corrected chi connectivity index (χ0v) is 16.3. The average Bonchev–Trinajstić information content (AvgIpc) is 2.74. The lowest BCUT2D eigenvalue weighted by Crippen LogP contribution is -2.41. The number of carbonyl (C=O) groups is 3. The minimum Gasteiger partial charge on any atom is -0.326 e. The maximum atomic E-state index is 12.9. The van der Waals surface area contributed by atoms with Gasteiger partial charge in [0.25, 0.3) is 11.8 Å². The van der Waals surface area contributed by atoms with Gasteiger partial charge in [-0.25, -0.2) is 0 Å². The summed E-state index contributed by atoms with van der Waals surface area (Å²) in [5.74, 6) is -0.719. The van der Waals surface area contributed by atoms with Crippen LogP contribution in [0.25, 0.3) is 10.8 Å². The Hall–Kier alpha value is -3.47. The first-order chi connectivity index (χ1) is 14.1. The molecule has 0 saturated carbocycles. The molecule has 0 aliphatic carbocycles. The second-order valence-electron chi connectivity index (χ2n) is 7.18. The van der Waals surface area contributed by atoms with Crippen molar-refractivity contribution in [2.75, 3.05) is 11.9 Å². The molecule has 0 radical (unpaired) electrons. The van der Waals surface area contributed by atoms with Crippen LogP contribution in [0.1, 0.15) is 46.0 Å². The third-order valence-electron chi connectivity index (χ3n) is 5.26. The molecule has 1 N–H and O–H groups in total. The summed E-state index contributed by atoms with van der Waals surface area (Å²) in [5, 5.41) is 4.48. The maximum absolute atomic E-state index is 12.9. The summed E-state index contributed by atoms with van der Waals surface area (Å²) in [6.45, 7) is 2.27. The van der Waals surface area contributed by atoms with Gasteiger partial charge in [-0.05, 0) is 48.1 Å². The molecule has 1 aliphatic rings. The maximum Gasteiger partial charge on any atom is 0.261 e. The van der Waals surface area contributed by atoms with Crippen molar-refractivity contribution in [2.24, 2.45) is 0 Å². The van der Waals surface area contributed by atoms with Gasteiger partial charge in [-0.3, -0.25) is 19.3 Å². The number of amides is 3. The summed E-state index contributed by atoms with van der Waals surface area (Å²) < 4.78 is 0. The van der Waals surface area contributed by atoms with Crippen molar-refractivity contribution in [1.82, 2.24) is 4.90 Å². The molecule has 0 saturated heterocycles. The van der Waals surface area contributed by atoms with Gasteiger partial charge in [0.05, 0.1) is 0 Å². The van der Waals surface area contributed by atoms with Gasteiger partial charge in [0.2, 0.25) is 5.91 Å². The van der Waals surface area contributed by atoms with Gasteiger partial charge in [0.15, 0.2) is 0 Å². The fraction of sp³-hybridized carbons (Fsp3) is 0.208. The molecule has 0 spiro atoms. The van der Waals surface area contributed by atoms with E-state index in [-0.39, 0.29) is 30.7 Å². The van der Waals surface area contributed by atoms with E-state index in [1.54, 1.807) is 12.1 Å². The molecule has 0 fully saturated rings. The highest BCUT2D eigenvalue weighted by Gasteiger charge is 2.32. The predicted octanol–water partition coefficient (Wildman–Crippen LogP) is 4.42. The van der Waals surface area contributed by atoms with Crippen LogP contribution in [0.2, 0.25) is 0 Å². The largest absolute Gasteiger partial charge is 0.326 e. The number of nitrogens with one attached hydrogen (secondary N) is 1. The SMILES string of the molecule is CCc1cccc(NC(=O)CCCN2C(=O)c3cccc4cccc(c34)C2=O)c1. The Balaban J connectivity index is 1.42. The van der Waals surface area contributed by atoms with Crippen LogP contribution in [0, 0.1) is 0 Å². The highest BCUT2D eigenvalue weighted by molar-refractivity contribution is 6.25. The number of imide groups is 1. The van der Waals surface area contributed by atoms with E-state index in [4.69, 9.17) is 0 Å². The molecule has 1 aliphatic heterocycles. The van der Waals surface area contributed by atoms with E-state index < -0.39 is 0 Å². The first-order valence-electron chi connectivity index (χ1n) is 9.85. The molecule has 1 heterocycles. The summed E-state index contributed by atoms with van der Waals surface area (Å²) in [5.41, 5.74) is 3.00. The molecule has 29 heavy (non-hydrogen) atoms. The molecule has 3 aromatic carbocycles. The van der Waals surface area contributed by atoms with Crippen molar-refractivity contribution in [1.29, 1.82) is 0 Å². The number of benzene rings is 3. The molecule has 5 heteroatoms. The van der Waals surface area contributed by atoms with Crippen LogP contribution in [0.5, 0.6) is 0 Å². The summed E-state index contributed by atoms with van der Waals surface area (Å²) in [6, 6.07) is 18.7. The Bertz CT molecular complexity index is 1070. The lowest BCUT2D eigenvalue weighted by molar-refractivity contribution is -0.116. The predicted molar refractivity (Wildman–Crippen MR) is 113 cm³/mol. The van der Waals surface area contributed by atoms with E-state index in [0.29, 0.717) is 17.5 Å². The van der Waals surface area contributed by atoms with Gasteiger partial charge in [-0.2, -0.15) is 0 Å². The van der Waals surface area contributed by atoms with Crippen LogP contribution in [0.4, 0.5) is 5.69 Å². The van der Waals surface area contributed by atoms with Crippen LogP contribution in [0.15, 0.2) is 60.7 Å². The highest BCUT2D eigenvalue weighted by atomic mass is 16.2. The molecule has 0 unspecified atom stereocenters. The lowest BCUT2D eigenvalue weighted by atomic mass is 9.94. The molecule has 0 atom stereocenters. The van der Waals surface area contributed by atoms with Gasteiger partial charge in [0, 0.05) is 35.2 Å². The van der Waals surface area contributed by atoms with Gasteiger partial charge in [-0.15, -0.1) is 0 Å². The van der Waals surface area contributed by atoms with E-state index in [1.807, 2.05) is 48.5 Å². The molecule has 3 aromatic rings. The summed E-state index contributed by atoms with van der Waals surface area (Å²) in [7, 11) is 0. The fourth-order valence-corrected chi connectivity index (χ4v) is 3.77. The number of rotatable bonds is 6. The molecule has 0 bridgehead atoms. The van der Waals surface area contributed by atoms with E-state index in [2.05, 4.69) is 12.2 Å². The number of anilines is 1. The zero-order chi connectivity index (χ0) is 20.4. The van der Waals surface area contributed by atoms with E-state index >= 15 is 0 Å². The fourth-order valence-electron chi connectivity index (χ4n) is 3.77. The quantitative estimate of drug-likeness (QED) is 0.638. The van der Waals surface area contributed by atoms with E-state index in [1.165, 1.54) is 4.90 Å². The Labute approximate surface area is 169 Å². The molecular formula is C24H22N2O3. The molecule has 4 rings (SSSR count). The van der Waals surface area contributed by atoms with Gasteiger partial charge < -0.3 is 5.32 Å². The van der Waals surface area contributed by atoms with Crippen molar-refractivity contribution in [2.45, 2.75) is 26.2 Å². The third-order valence-corrected chi connectivity index (χ3v) is 5.26. The number of aryl methyl sites for hydroxylation is 1. The van der Waals surface area contributed by atoms with Crippen LogP contribution in [-0.2, 0) is 11.2 Å². The molecule has 146 valence electrons. The molecule has 0 aromatic heterocycles. The van der Waals surface area contributed by atoms with Crippen molar-refractivity contribution in [3.63, 3.8) is 0 Å². The van der Waals surface area contributed by atoms with Crippen LogP contribution in [0.3, 0.4) is 0 Å². The number of nitrogens with zero attached hydrogens (tertiary/aromatic N) is 1. The second-order valence-corrected chi connectivity index (χ2v) is 7.18. The van der Waals surface area contributed by atoms with Crippen molar-refractivity contribution < 1.29 is 14.4 Å². The van der Waals surface area contributed by atoms with Crippen molar-refractivity contribution in [3.05, 3.63) is 77.4 Å². The van der Waals surface area contributed by atoms with Crippen LogP contribution < -0.4 is 5.32 Å². The molecular weight excluding hydrogens is 364 g/mol. The van der Waals surface area contributed by atoms with Gasteiger partial charge in [-0.1, -0.05) is 43.3 Å². The standard InChI is InChI=1S/C24H22N2O3/c1-2-16-7-3-10-18(15-16)25-21(27)13-6-14-26-23(28)19-11-4-8-17-9-5-12-20(22(17)19)24(26)29/h3-5,7-12,15H,2,6,13-14H2,1H3,(H,25,27). The normalized spacial score (nSPS) is 13.1. The average molecular weight is 386 g/mol. The summed E-state index contributed by atoms with van der Waals surface area (Å²) in [6.07, 6.45) is 1.55. The van der Waals surface area contributed by atoms with Gasteiger partial charge >= 0.3 is 0 Å². The third kappa shape index (κ3) is 3.63. The van der Waals surface area contributed by atoms with E-state index in [9.17, 15) is 14.4 Å². The summed E-state index contributed by atoms with van der Waals surface area (Å²) >= 11 is 0. The highest BCUT2D eigenvalue weighted by Crippen LogP contribution is 2.30. The second kappa shape index (κ2) is 7.87. The first kappa shape index (κ1) is 18.9. The minimum atomic E-state index is -0.296. The Morgan fingerprint density at radius 1 is 0.931 bits per heavy atom. The Morgan fingerprint density at radius 3 is 2.24 bits per heavy atom. The topological polar surface area (TPSA) is 66.5 Å². The Morgan fingerprint density at radius 2 is 1.59 bits per heavy atom. The van der Waals surface area contributed by atoms with Crippen LogP contribution >= 0.6 is 0 Å². The number of hydrogen-bond acceptors (Lipinski definition) is 3. The monoisotopic (exact) mass is 386 g/mol. The van der Waals surface area contributed by atoms with Crippen molar-refractivity contribution in [3.8, 4) is 0 Å². The smallest absolute Gasteiger partial charge is 0.261 e. The van der Waals surface area contributed by atoms with E-state index in [0.717, 1.165) is 28.4 Å². The van der Waals surface area contributed by atoms with Crippen molar-refractivity contribution >= 4 is 34.2 Å².